The van der Waals surface area contributed by atoms with Gasteiger partial charge in [-0.25, -0.2) is 8.42 Å². The highest BCUT2D eigenvalue weighted by Gasteiger charge is 2.27. The van der Waals surface area contributed by atoms with Crippen molar-refractivity contribution in [3.63, 3.8) is 0 Å². The highest BCUT2D eigenvalue weighted by molar-refractivity contribution is 7.91. The van der Waals surface area contributed by atoms with Crippen molar-refractivity contribution in [3.8, 4) is 0 Å². The number of aromatic amines is 1. The van der Waals surface area contributed by atoms with Crippen LogP contribution < -0.4 is 0 Å². The number of rotatable bonds is 2. The van der Waals surface area contributed by atoms with Crippen LogP contribution in [0.15, 0.2) is 23.1 Å². The van der Waals surface area contributed by atoms with Crippen LogP contribution in [0, 0.1) is 4.77 Å². The second-order valence-electron chi connectivity index (χ2n) is 4.45. The van der Waals surface area contributed by atoms with Gasteiger partial charge >= 0.3 is 0 Å². The molecular weight excluding hydrogens is 256 g/mol. The Morgan fingerprint density at radius 1 is 1.41 bits per heavy atom. The Morgan fingerprint density at radius 3 is 2.71 bits per heavy atom. The number of para-hydroxylation sites is 1. The van der Waals surface area contributed by atoms with Gasteiger partial charge in [-0.3, -0.25) is 0 Å². The minimum Gasteiger partial charge on any atom is -0.329 e. The van der Waals surface area contributed by atoms with E-state index in [4.69, 9.17) is 12.2 Å². The van der Waals surface area contributed by atoms with Crippen molar-refractivity contribution < 1.29 is 8.42 Å². The molecule has 0 aliphatic heterocycles. The van der Waals surface area contributed by atoms with Gasteiger partial charge in [0.2, 0.25) is 0 Å². The third-order valence-electron chi connectivity index (χ3n) is 3.03. The number of H-pyrrole nitrogens is 1. The Kier molecular flexibility index (Phi) is 2.21. The maximum atomic E-state index is 11.7. The van der Waals surface area contributed by atoms with Gasteiger partial charge in [-0.1, -0.05) is 6.07 Å². The second kappa shape index (κ2) is 3.43. The van der Waals surface area contributed by atoms with E-state index in [0.717, 1.165) is 18.4 Å². The summed E-state index contributed by atoms with van der Waals surface area (Å²) < 4.78 is 26.0. The van der Waals surface area contributed by atoms with Crippen LogP contribution >= 0.6 is 12.2 Å². The number of aromatic nitrogens is 2. The zero-order valence-corrected chi connectivity index (χ0v) is 10.9. The van der Waals surface area contributed by atoms with Crippen LogP contribution in [-0.4, -0.2) is 24.2 Å². The summed E-state index contributed by atoms with van der Waals surface area (Å²) in [6.45, 7) is 0. The van der Waals surface area contributed by atoms with E-state index in [1.165, 1.54) is 6.26 Å². The molecule has 1 heterocycles. The maximum Gasteiger partial charge on any atom is 0.178 e. The molecule has 1 aromatic heterocycles. The molecule has 4 nitrogen and oxygen atoms in total. The van der Waals surface area contributed by atoms with Crippen LogP contribution in [0.1, 0.15) is 18.9 Å². The fourth-order valence-corrected chi connectivity index (χ4v) is 3.33. The van der Waals surface area contributed by atoms with E-state index in [1.807, 2.05) is 10.6 Å². The molecule has 0 spiro atoms. The Hall–Kier alpha value is -1.14. The molecule has 1 fully saturated rings. The molecular formula is C11H12N2O2S2. The Bertz CT molecular complexity index is 751. The van der Waals surface area contributed by atoms with Crippen molar-refractivity contribution in [2.75, 3.05) is 6.26 Å². The molecule has 0 amide bonds. The molecule has 90 valence electrons. The number of sulfone groups is 1. The first-order chi connectivity index (χ1) is 7.98. The summed E-state index contributed by atoms with van der Waals surface area (Å²) >= 11 is 5.26. The summed E-state index contributed by atoms with van der Waals surface area (Å²) in [4.78, 5) is 3.34. The standard InChI is InChI=1S/C11H12N2O2S2/c1-17(14,15)9-4-2-3-8-10(9)12-11(16)13(8)7-5-6-7/h2-4,7H,5-6H2,1H3,(H,12,16). The average Bonchev–Trinajstić information content (AvgIpc) is 2.98. The molecule has 2 aromatic rings. The predicted octanol–water partition coefficient (Wildman–Crippen LogP) is 2.44. The van der Waals surface area contributed by atoms with E-state index in [0.29, 0.717) is 21.2 Å². The first-order valence-corrected chi connectivity index (χ1v) is 7.72. The zero-order valence-electron chi connectivity index (χ0n) is 9.30. The lowest BCUT2D eigenvalue weighted by Gasteiger charge is -2.02. The molecule has 0 atom stereocenters. The highest BCUT2D eigenvalue weighted by atomic mass is 32.2. The molecule has 0 unspecified atom stereocenters. The lowest BCUT2D eigenvalue weighted by molar-refractivity contribution is 0.602. The van der Waals surface area contributed by atoms with Gasteiger partial charge < -0.3 is 9.55 Å². The third-order valence-corrected chi connectivity index (χ3v) is 4.46. The molecule has 1 saturated carbocycles. The van der Waals surface area contributed by atoms with Crippen molar-refractivity contribution in [3.05, 3.63) is 23.0 Å². The molecule has 1 aliphatic carbocycles. The maximum absolute atomic E-state index is 11.7. The van der Waals surface area contributed by atoms with Crippen LogP contribution in [0.2, 0.25) is 0 Å². The van der Waals surface area contributed by atoms with Gasteiger partial charge in [-0.05, 0) is 37.2 Å². The molecule has 0 saturated heterocycles. The Labute approximate surface area is 104 Å². The van der Waals surface area contributed by atoms with Gasteiger partial charge in [0, 0.05) is 12.3 Å². The minimum absolute atomic E-state index is 0.320. The number of nitrogens with one attached hydrogen (secondary N) is 1. The van der Waals surface area contributed by atoms with Crippen molar-refractivity contribution in [2.45, 2.75) is 23.8 Å². The first kappa shape index (κ1) is 11.0. The Morgan fingerprint density at radius 2 is 2.12 bits per heavy atom. The van der Waals surface area contributed by atoms with E-state index in [1.54, 1.807) is 12.1 Å². The highest BCUT2D eigenvalue weighted by Crippen LogP contribution is 2.38. The SMILES string of the molecule is CS(=O)(=O)c1cccc2c1[nH]c(=S)n2C1CC1. The topological polar surface area (TPSA) is 54.9 Å². The quantitative estimate of drug-likeness (QED) is 0.851. The molecule has 0 radical (unpaired) electrons. The van der Waals surface area contributed by atoms with E-state index in [9.17, 15) is 8.42 Å². The molecule has 3 rings (SSSR count). The van der Waals surface area contributed by atoms with Gasteiger partial charge in [0.1, 0.15) is 0 Å². The lowest BCUT2D eigenvalue weighted by Crippen LogP contribution is -1.98. The van der Waals surface area contributed by atoms with Crippen LogP contribution in [0.5, 0.6) is 0 Å². The van der Waals surface area contributed by atoms with Gasteiger partial charge in [0.15, 0.2) is 14.6 Å². The summed E-state index contributed by atoms with van der Waals surface area (Å²) in [7, 11) is -3.23. The number of nitrogens with zero attached hydrogens (tertiary/aromatic N) is 1. The summed E-state index contributed by atoms with van der Waals surface area (Å²) in [6.07, 6.45) is 3.45. The Balaban J connectivity index is 2.42. The van der Waals surface area contributed by atoms with Gasteiger partial charge in [-0.2, -0.15) is 0 Å². The van der Waals surface area contributed by atoms with Crippen molar-refractivity contribution in [1.29, 1.82) is 0 Å². The number of hydrogen-bond donors (Lipinski definition) is 1. The summed E-state index contributed by atoms with van der Waals surface area (Å²) in [6, 6.07) is 5.72. The lowest BCUT2D eigenvalue weighted by atomic mass is 10.3. The smallest absolute Gasteiger partial charge is 0.178 e. The van der Waals surface area contributed by atoms with Crippen molar-refractivity contribution >= 4 is 33.1 Å². The first-order valence-electron chi connectivity index (χ1n) is 5.42. The van der Waals surface area contributed by atoms with Crippen LogP contribution in [0.25, 0.3) is 11.0 Å². The number of fused-ring (bicyclic) bond motifs is 1. The fraction of sp³-hybridized carbons (Fsp3) is 0.364. The predicted molar refractivity (Wildman–Crippen MR) is 68.5 cm³/mol. The number of benzene rings is 1. The van der Waals surface area contributed by atoms with E-state index >= 15 is 0 Å². The number of hydrogen-bond acceptors (Lipinski definition) is 3. The van der Waals surface area contributed by atoms with Crippen LogP contribution in [-0.2, 0) is 9.84 Å². The summed E-state index contributed by atoms with van der Waals surface area (Å²) in [5.41, 5.74) is 1.52. The van der Waals surface area contributed by atoms with E-state index in [-0.39, 0.29) is 0 Å². The van der Waals surface area contributed by atoms with Crippen molar-refractivity contribution in [1.82, 2.24) is 9.55 Å². The molecule has 0 bridgehead atoms. The largest absolute Gasteiger partial charge is 0.329 e. The third kappa shape index (κ3) is 1.71. The monoisotopic (exact) mass is 268 g/mol. The molecule has 1 aromatic carbocycles. The van der Waals surface area contributed by atoms with E-state index < -0.39 is 9.84 Å². The summed E-state index contributed by atoms with van der Waals surface area (Å²) in [5.74, 6) is 0. The average molecular weight is 268 g/mol. The molecule has 1 N–H and O–H groups in total. The summed E-state index contributed by atoms with van der Waals surface area (Å²) in [5, 5.41) is 0. The minimum atomic E-state index is -3.23. The van der Waals surface area contributed by atoms with Crippen molar-refractivity contribution in [2.24, 2.45) is 0 Å². The molecule has 6 heteroatoms. The van der Waals surface area contributed by atoms with E-state index in [2.05, 4.69) is 4.98 Å². The van der Waals surface area contributed by atoms with Crippen LogP contribution in [0.3, 0.4) is 0 Å². The molecule has 1 aliphatic rings. The van der Waals surface area contributed by atoms with Gasteiger partial charge in [-0.15, -0.1) is 0 Å². The fourth-order valence-electron chi connectivity index (χ4n) is 2.13. The molecule has 17 heavy (non-hydrogen) atoms. The van der Waals surface area contributed by atoms with Crippen LogP contribution in [0.4, 0.5) is 0 Å². The van der Waals surface area contributed by atoms with Gasteiger partial charge in [0.05, 0.1) is 15.9 Å². The normalized spacial score (nSPS) is 16.5. The second-order valence-corrected chi connectivity index (χ2v) is 6.82. The van der Waals surface area contributed by atoms with Gasteiger partial charge in [0.25, 0.3) is 0 Å². The zero-order chi connectivity index (χ0) is 12.2. The number of imidazole rings is 1.